The van der Waals surface area contributed by atoms with Gasteiger partial charge < -0.3 is 15.7 Å². The Morgan fingerprint density at radius 3 is 2.57 bits per heavy atom. The minimum absolute atomic E-state index is 0.0832. The summed E-state index contributed by atoms with van der Waals surface area (Å²) in [6, 6.07) is 0.121. The van der Waals surface area contributed by atoms with Crippen LogP contribution in [0.3, 0.4) is 0 Å². The summed E-state index contributed by atoms with van der Waals surface area (Å²) in [6.07, 6.45) is 8.50. The summed E-state index contributed by atoms with van der Waals surface area (Å²) in [5.41, 5.74) is 0. The van der Waals surface area contributed by atoms with Crippen LogP contribution in [0.1, 0.15) is 58.3 Å². The number of carbonyl (C=O) groups is 2. The highest BCUT2D eigenvalue weighted by Gasteiger charge is 2.33. The molecule has 0 aromatic carbocycles. The van der Waals surface area contributed by atoms with Crippen LogP contribution in [0, 0.1) is 17.8 Å². The molecule has 4 atom stereocenters. The molecule has 2 fully saturated rings. The molecule has 5 heteroatoms. The van der Waals surface area contributed by atoms with E-state index in [0.29, 0.717) is 12.5 Å². The molecule has 120 valence electrons. The van der Waals surface area contributed by atoms with Crippen LogP contribution in [0.15, 0.2) is 0 Å². The van der Waals surface area contributed by atoms with Crippen molar-refractivity contribution in [1.82, 2.24) is 10.6 Å². The number of urea groups is 1. The Morgan fingerprint density at radius 1 is 1.05 bits per heavy atom. The number of aliphatic carboxylic acids is 1. The van der Waals surface area contributed by atoms with Gasteiger partial charge in [0.25, 0.3) is 0 Å². The lowest BCUT2D eigenvalue weighted by Gasteiger charge is -2.24. The quantitative estimate of drug-likeness (QED) is 0.698. The summed E-state index contributed by atoms with van der Waals surface area (Å²) in [4.78, 5) is 23.2. The van der Waals surface area contributed by atoms with Crippen molar-refractivity contribution < 1.29 is 14.7 Å². The van der Waals surface area contributed by atoms with Crippen molar-refractivity contribution in [2.45, 2.75) is 64.3 Å². The fourth-order valence-corrected chi connectivity index (χ4v) is 3.76. The standard InChI is InChI=1S/C16H28N2O3/c1-11-6-3-2-4-9-14(11)18-16(21)17-10-12-7-5-8-13(12)15(19)20/h11-14H,2-10H2,1H3,(H,19,20)(H2,17,18,21). The maximum Gasteiger partial charge on any atom is 0.315 e. The first-order chi connectivity index (χ1) is 10.1. The molecule has 4 unspecified atom stereocenters. The number of hydrogen-bond acceptors (Lipinski definition) is 2. The fourth-order valence-electron chi connectivity index (χ4n) is 3.76. The van der Waals surface area contributed by atoms with Gasteiger partial charge in [0, 0.05) is 12.6 Å². The van der Waals surface area contributed by atoms with E-state index in [4.69, 9.17) is 5.11 Å². The van der Waals surface area contributed by atoms with E-state index in [2.05, 4.69) is 17.6 Å². The highest BCUT2D eigenvalue weighted by atomic mass is 16.4. The zero-order valence-electron chi connectivity index (χ0n) is 12.9. The molecular formula is C16H28N2O3. The van der Waals surface area contributed by atoms with Crippen molar-refractivity contribution in [3.8, 4) is 0 Å². The van der Waals surface area contributed by atoms with Crippen LogP contribution in [-0.4, -0.2) is 29.7 Å². The molecule has 2 aliphatic carbocycles. The number of carbonyl (C=O) groups excluding carboxylic acids is 1. The average molecular weight is 296 g/mol. The van der Waals surface area contributed by atoms with E-state index in [0.717, 1.165) is 25.7 Å². The minimum atomic E-state index is -0.725. The van der Waals surface area contributed by atoms with E-state index in [1.165, 1.54) is 25.7 Å². The zero-order valence-corrected chi connectivity index (χ0v) is 12.9. The lowest BCUT2D eigenvalue weighted by atomic mass is 9.96. The van der Waals surface area contributed by atoms with Crippen LogP contribution < -0.4 is 10.6 Å². The van der Waals surface area contributed by atoms with Gasteiger partial charge >= 0.3 is 12.0 Å². The smallest absolute Gasteiger partial charge is 0.315 e. The zero-order chi connectivity index (χ0) is 15.2. The van der Waals surface area contributed by atoms with Gasteiger partial charge in [-0.1, -0.05) is 32.6 Å². The van der Waals surface area contributed by atoms with E-state index in [-0.39, 0.29) is 23.9 Å². The number of rotatable bonds is 4. The van der Waals surface area contributed by atoms with Crippen molar-refractivity contribution in [2.24, 2.45) is 17.8 Å². The molecule has 2 amide bonds. The Balaban J connectivity index is 1.75. The molecule has 0 aliphatic heterocycles. The fraction of sp³-hybridized carbons (Fsp3) is 0.875. The lowest BCUT2D eigenvalue weighted by Crippen LogP contribution is -2.46. The number of carboxylic acid groups (broad SMARTS) is 1. The molecule has 0 bridgehead atoms. The van der Waals surface area contributed by atoms with Gasteiger partial charge in [0.1, 0.15) is 0 Å². The first-order valence-corrected chi connectivity index (χ1v) is 8.35. The maximum atomic E-state index is 12.0. The molecule has 5 nitrogen and oxygen atoms in total. The highest BCUT2D eigenvalue weighted by molar-refractivity contribution is 5.74. The number of hydrogen-bond donors (Lipinski definition) is 3. The van der Waals surface area contributed by atoms with Gasteiger partial charge in [-0.3, -0.25) is 4.79 Å². The molecule has 2 rings (SSSR count). The Hall–Kier alpha value is -1.26. The van der Waals surface area contributed by atoms with Gasteiger partial charge in [-0.25, -0.2) is 4.79 Å². The molecule has 0 saturated heterocycles. The van der Waals surface area contributed by atoms with E-state index in [9.17, 15) is 9.59 Å². The molecule has 0 spiro atoms. The number of nitrogens with one attached hydrogen (secondary N) is 2. The van der Waals surface area contributed by atoms with Crippen LogP contribution >= 0.6 is 0 Å². The normalized spacial score (nSPS) is 33.2. The lowest BCUT2D eigenvalue weighted by molar-refractivity contribution is -0.142. The third kappa shape index (κ3) is 4.61. The Kier molecular flexibility index (Phi) is 5.88. The molecule has 0 heterocycles. The van der Waals surface area contributed by atoms with E-state index < -0.39 is 5.97 Å². The molecule has 3 N–H and O–H groups in total. The second-order valence-electron chi connectivity index (χ2n) is 6.71. The minimum Gasteiger partial charge on any atom is -0.481 e. The van der Waals surface area contributed by atoms with Gasteiger partial charge in [-0.05, 0) is 37.5 Å². The predicted molar refractivity (Wildman–Crippen MR) is 81.0 cm³/mol. The third-order valence-electron chi connectivity index (χ3n) is 5.18. The second-order valence-corrected chi connectivity index (χ2v) is 6.71. The van der Waals surface area contributed by atoms with Crippen molar-refractivity contribution >= 4 is 12.0 Å². The first-order valence-electron chi connectivity index (χ1n) is 8.35. The van der Waals surface area contributed by atoms with Gasteiger partial charge in [0.2, 0.25) is 0 Å². The average Bonchev–Trinajstić information content (AvgIpc) is 2.83. The second kappa shape index (κ2) is 7.66. The van der Waals surface area contributed by atoms with Crippen LogP contribution in [0.25, 0.3) is 0 Å². The molecule has 0 aromatic heterocycles. The number of amides is 2. The van der Waals surface area contributed by atoms with E-state index in [1.54, 1.807) is 0 Å². The van der Waals surface area contributed by atoms with Gasteiger partial charge in [0.05, 0.1) is 5.92 Å². The molecule has 21 heavy (non-hydrogen) atoms. The van der Waals surface area contributed by atoms with Crippen molar-refractivity contribution in [1.29, 1.82) is 0 Å². The summed E-state index contributed by atoms with van der Waals surface area (Å²) in [7, 11) is 0. The largest absolute Gasteiger partial charge is 0.481 e. The summed E-state index contributed by atoms with van der Waals surface area (Å²) in [5, 5.41) is 15.1. The Morgan fingerprint density at radius 2 is 1.81 bits per heavy atom. The van der Waals surface area contributed by atoms with Crippen molar-refractivity contribution in [3.63, 3.8) is 0 Å². The maximum absolute atomic E-state index is 12.0. The van der Waals surface area contributed by atoms with E-state index >= 15 is 0 Å². The molecule has 0 radical (unpaired) electrons. The molecule has 2 saturated carbocycles. The van der Waals surface area contributed by atoms with Crippen LogP contribution in [0.2, 0.25) is 0 Å². The molecular weight excluding hydrogens is 268 g/mol. The van der Waals surface area contributed by atoms with E-state index in [1.807, 2.05) is 0 Å². The molecule has 0 aromatic rings. The summed E-state index contributed by atoms with van der Waals surface area (Å²) < 4.78 is 0. The Labute approximate surface area is 126 Å². The first kappa shape index (κ1) is 16.1. The van der Waals surface area contributed by atoms with Crippen LogP contribution in [-0.2, 0) is 4.79 Å². The van der Waals surface area contributed by atoms with Crippen LogP contribution in [0.5, 0.6) is 0 Å². The number of carboxylic acids is 1. The SMILES string of the molecule is CC1CCCCCC1NC(=O)NCC1CCCC1C(=O)O. The Bertz CT molecular complexity index is 373. The topological polar surface area (TPSA) is 78.4 Å². The predicted octanol–water partition coefficient (Wildman–Crippen LogP) is 2.76. The van der Waals surface area contributed by atoms with Crippen molar-refractivity contribution in [2.75, 3.05) is 6.54 Å². The van der Waals surface area contributed by atoms with Gasteiger partial charge in [-0.2, -0.15) is 0 Å². The van der Waals surface area contributed by atoms with Crippen molar-refractivity contribution in [3.05, 3.63) is 0 Å². The van der Waals surface area contributed by atoms with Crippen LogP contribution in [0.4, 0.5) is 4.79 Å². The van der Waals surface area contributed by atoms with Gasteiger partial charge in [-0.15, -0.1) is 0 Å². The monoisotopic (exact) mass is 296 g/mol. The summed E-state index contributed by atoms with van der Waals surface area (Å²) in [6.45, 7) is 2.68. The molecule has 2 aliphatic rings. The summed E-state index contributed by atoms with van der Waals surface area (Å²) in [5.74, 6) is -0.407. The third-order valence-corrected chi connectivity index (χ3v) is 5.18. The highest BCUT2D eigenvalue weighted by Crippen LogP contribution is 2.31. The van der Waals surface area contributed by atoms with Gasteiger partial charge in [0.15, 0.2) is 0 Å². The summed E-state index contributed by atoms with van der Waals surface area (Å²) >= 11 is 0.